The van der Waals surface area contributed by atoms with Crippen LogP contribution < -0.4 is 16.4 Å². The van der Waals surface area contributed by atoms with Gasteiger partial charge in [-0.05, 0) is 37.0 Å². The molecule has 6 heteroatoms. The number of rotatable bonds is 6. The van der Waals surface area contributed by atoms with Crippen LogP contribution in [0.15, 0.2) is 60.7 Å². The van der Waals surface area contributed by atoms with Crippen LogP contribution in [0.4, 0.5) is 5.69 Å². The Morgan fingerprint density at radius 3 is 2.29 bits per heavy atom. The van der Waals surface area contributed by atoms with E-state index in [-0.39, 0.29) is 36.2 Å². The molecule has 0 bridgehead atoms. The molecule has 0 spiro atoms. The monoisotopic (exact) mass is 401 g/mol. The van der Waals surface area contributed by atoms with Crippen LogP contribution in [0.25, 0.3) is 0 Å². The van der Waals surface area contributed by atoms with Crippen molar-refractivity contribution in [1.29, 1.82) is 0 Å². The molecule has 0 heterocycles. The Hall–Kier alpha value is -2.37. The van der Waals surface area contributed by atoms with E-state index in [4.69, 9.17) is 5.73 Å². The van der Waals surface area contributed by atoms with Gasteiger partial charge in [-0.25, -0.2) is 0 Å². The molecule has 3 unspecified atom stereocenters. The van der Waals surface area contributed by atoms with Crippen molar-refractivity contribution < 1.29 is 9.59 Å². The van der Waals surface area contributed by atoms with Crippen LogP contribution in [-0.2, 0) is 16.0 Å². The summed E-state index contributed by atoms with van der Waals surface area (Å²) in [4.78, 5) is 25.6. The number of benzene rings is 2. The van der Waals surface area contributed by atoms with Crippen LogP contribution in [0.1, 0.15) is 31.2 Å². The number of anilines is 1. The first kappa shape index (κ1) is 21.9. The molecule has 3 rings (SSSR count). The zero-order chi connectivity index (χ0) is 19.1. The zero-order valence-electron chi connectivity index (χ0n) is 15.8. The molecule has 0 aromatic heterocycles. The summed E-state index contributed by atoms with van der Waals surface area (Å²) < 4.78 is 0. The summed E-state index contributed by atoms with van der Waals surface area (Å²) >= 11 is 0. The maximum atomic E-state index is 12.8. The number of carbonyl (C=O) groups excluding carboxylic acids is 2. The molecule has 0 saturated heterocycles. The number of para-hydroxylation sites is 1. The summed E-state index contributed by atoms with van der Waals surface area (Å²) in [5.74, 6) is -0.399. The highest BCUT2D eigenvalue weighted by atomic mass is 35.5. The second-order valence-corrected chi connectivity index (χ2v) is 7.23. The van der Waals surface area contributed by atoms with Crippen LogP contribution in [0, 0.1) is 5.92 Å². The van der Waals surface area contributed by atoms with Crippen molar-refractivity contribution in [3.05, 3.63) is 66.2 Å². The average molecular weight is 402 g/mol. The Labute approximate surface area is 172 Å². The van der Waals surface area contributed by atoms with E-state index in [1.807, 2.05) is 60.7 Å². The highest BCUT2D eigenvalue weighted by molar-refractivity contribution is 5.97. The molecule has 0 radical (unpaired) electrons. The minimum Gasteiger partial charge on any atom is -0.344 e. The Bertz CT molecular complexity index is 755. The predicted octanol–water partition coefficient (Wildman–Crippen LogP) is 3.29. The summed E-state index contributed by atoms with van der Waals surface area (Å²) in [6.45, 7) is 0. The van der Waals surface area contributed by atoms with Crippen LogP contribution in [0.5, 0.6) is 0 Å². The predicted molar refractivity (Wildman–Crippen MR) is 114 cm³/mol. The molecule has 5 nitrogen and oxygen atoms in total. The smallest absolute Gasteiger partial charge is 0.247 e. The second-order valence-electron chi connectivity index (χ2n) is 7.23. The summed E-state index contributed by atoms with van der Waals surface area (Å²) in [5.41, 5.74) is 7.74. The van der Waals surface area contributed by atoms with Crippen LogP contribution in [0.3, 0.4) is 0 Å². The van der Waals surface area contributed by atoms with Gasteiger partial charge in [-0.1, -0.05) is 55.0 Å². The molecule has 150 valence electrons. The fraction of sp³-hybridized carbons (Fsp3) is 0.364. The normalized spacial score (nSPS) is 19.8. The van der Waals surface area contributed by atoms with E-state index >= 15 is 0 Å². The fourth-order valence-corrected chi connectivity index (χ4v) is 3.57. The van der Waals surface area contributed by atoms with E-state index in [1.54, 1.807) is 0 Å². The molecule has 2 aromatic rings. The molecule has 4 N–H and O–H groups in total. The Morgan fingerprint density at radius 1 is 1.00 bits per heavy atom. The standard InChI is InChI=1S/C22H27N3O2.ClH/c23-18-11-7-10-17(15-18)21(26)25-20(14-16-8-3-1-4-9-16)22(27)24-19-12-5-2-6-13-19;/h1-6,8-9,12-13,17-18,20H,7,10-11,14-15,23H2,(H,24,27)(H,25,26);1H. The molecular weight excluding hydrogens is 374 g/mol. The van der Waals surface area contributed by atoms with Crippen molar-refractivity contribution in [1.82, 2.24) is 5.32 Å². The van der Waals surface area contributed by atoms with Crippen LogP contribution in [0.2, 0.25) is 0 Å². The van der Waals surface area contributed by atoms with Crippen molar-refractivity contribution in [2.45, 2.75) is 44.2 Å². The lowest BCUT2D eigenvalue weighted by molar-refractivity contribution is -0.130. The number of nitrogens with one attached hydrogen (secondary N) is 2. The van der Waals surface area contributed by atoms with Crippen molar-refractivity contribution >= 4 is 29.9 Å². The second kappa shape index (κ2) is 10.8. The first-order valence-corrected chi connectivity index (χ1v) is 9.57. The molecule has 1 aliphatic rings. The van der Waals surface area contributed by atoms with E-state index < -0.39 is 6.04 Å². The van der Waals surface area contributed by atoms with Gasteiger partial charge in [-0.15, -0.1) is 12.4 Å². The van der Waals surface area contributed by atoms with E-state index in [0.717, 1.165) is 30.5 Å². The number of hydrogen-bond acceptors (Lipinski definition) is 3. The van der Waals surface area contributed by atoms with Gasteiger partial charge < -0.3 is 16.4 Å². The van der Waals surface area contributed by atoms with Crippen molar-refractivity contribution in [2.24, 2.45) is 11.7 Å². The lowest BCUT2D eigenvalue weighted by Crippen LogP contribution is -2.48. The van der Waals surface area contributed by atoms with E-state index in [2.05, 4.69) is 10.6 Å². The lowest BCUT2D eigenvalue weighted by atomic mass is 9.85. The molecular formula is C22H28ClN3O2. The molecule has 1 aliphatic carbocycles. The van der Waals surface area contributed by atoms with Crippen molar-refractivity contribution in [3.63, 3.8) is 0 Å². The molecule has 28 heavy (non-hydrogen) atoms. The SMILES string of the molecule is Cl.NC1CCCC(C(=O)NC(Cc2ccccc2)C(=O)Nc2ccccc2)C1. The Morgan fingerprint density at radius 2 is 1.64 bits per heavy atom. The maximum Gasteiger partial charge on any atom is 0.247 e. The highest BCUT2D eigenvalue weighted by Crippen LogP contribution is 2.23. The van der Waals surface area contributed by atoms with Gasteiger partial charge in [0.1, 0.15) is 6.04 Å². The maximum absolute atomic E-state index is 12.8. The molecule has 2 aromatic carbocycles. The van der Waals surface area contributed by atoms with Gasteiger partial charge in [0.15, 0.2) is 0 Å². The first-order chi connectivity index (χ1) is 13.1. The summed E-state index contributed by atoms with van der Waals surface area (Å²) in [6.07, 6.45) is 3.89. The summed E-state index contributed by atoms with van der Waals surface area (Å²) in [7, 11) is 0. The molecule has 2 amide bonds. The van der Waals surface area contributed by atoms with Gasteiger partial charge in [0.25, 0.3) is 0 Å². The third kappa shape index (κ3) is 6.36. The van der Waals surface area contributed by atoms with E-state index in [0.29, 0.717) is 12.8 Å². The number of nitrogens with two attached hydrogens (primary N) is 1. The van der Waals surface area contributed by atoms with E-state index in [9.17, 15) is 9.59 Å². The van der Waals surface area contributed by atoms with E-state index in [1.165, 1.54) is 0 Å². The largest absolute Gasteiger partial charge is 0.344 e. The van der Waals surface area contributed by atoms with Gasteiger partial charge in [0.2, 0.25) is 11.8 Å². The topological polar surface area (TPSA) is 84.2 Å². The summed E-state index contributed by atoms with van der Waals surface area (Å²) in [6, 6.07) is 18.5. The quantitative estimate of drug-likeness (QED) is 0.694. The molecule has 3 atom stereocenters. The van der Waals surface area contributed by atoms with Crippen LogP contribution >= 0.6 is 12.4 Å². The molecule has 1 saturated carbocycles. The minimum atomic E-state index is -0.627. The number of hydrogen-bond donors (Lipinski definition) is 3. The third-order valence-electron chi connectivity index (χ3n) is 5.04. The van der Waals surface area contributed by atoms with Gasteiger partial charge in [0, 0.05) is 24.1 Å². The highest BCUT2D eigenvalue weighted by Gasteiger charge is 2.29. The van der Waals surface area contributed by atoms with Crippen molar-refractivity contribution in [2.75, 3.05) is 5.32 Å². The molecule has 1 fully saturated rings. The van der Waals surface area contributed by atoms with Gasteiger partial charge in [0.05, 0.1) is 0 Å². The number of halogens is 1. The number of amides is 2. The molecule has 0 aliphatic heterocycles. The first-order valence-electron chi connectivity index (χ1n) is 9.57. The van der Waals surface area contributed by atoms with Gasteiger partial charge in [-0.3, -0.25) is 9.59 Å². The van der Waals surface area contributed by atoms with Gasteiger partial charge >= 0.3 is 0 Å². The Kier molecular flexibility index (Phi) is 8.48. The minimum absolute atomic E-state index is 0. The average Bonchev–Trinajstić information content (AvgIpc) is 2.69. The summed E-state index contributed by atoms with van der Waals surface area (Å²) in [5, 5.41) is 5.87. The third-order valence-corrected chi connectivity index (χ3v) is 5.04. The van der Waals surface area contributed by atoms with Crippen molar-refractivity contribution in [3.8, 4) is 0 Å². The lowest BCUT2D eigenvalue weighted by Gasteiger charge is -2.27. The van der Waals surface area contributed by atoms with Crippen LogP contribution in [-0.4, -0.2) is 23.9 Å². The number of carbonyl (C=O) groups is 2. The van der Waals surface area contributed by atoms with Gasteiger partial charge in [-0.2, -0.15) is 0 Å². The Balaban J connectivity index is 0.00000280. The zero-order valence-corrected chi connectivity index (χ0v) is 16.7. The fourth-order valence-electron chi connectivity index (χ4n) is 3.57.